The molecule has 2 heterocycles. The van der Waals surface area contributed by atoms with Crippen molar-refractivity contribution in [2.75, 3.05) is 0 Å². The Morgan fingerprint density at radius 3 is 1.31 bits per heavy atom. The van der Waals surface area contributed by atoms with Gasteiger partial charge in [-0.3, -0.25) is 0 Å². The van der Waals surface area contributed by atoms with Gasteiger partial charge in [-0.05, 0) is 10.6 Å². The molecule has 0 aliphatic rings. The van der Waals surface area contributed by atoms with Crippen LogP contribution in [0.2, 0.25) is 0 Å². The molecule has 154 valence electrons. The van der Waals surface area contributed by atoms with Crippen LogP contribution in [0.4, 0.5) is 0 Å². The van der Waals surface area contributed by atoms with E-state index in [1.165, 1.54) is 10.6 Å². The molecule has 0 saturated heterocycles. The molecule has 0 atom stereocenters. The third-order valence-electron chi connectivity index (χ3n) is 3.26. The molecule has 0 aliphatic carbocycles. The molecule has 2 nitrogen and oxygen atoms in total. The molecule has 0 amide bonds. The van der Waals surface area contributed by atoms with E-state index in [2.05, 4.69) is 70.6 Å². The summed E-state index contributed by atoms with van der Waals surface area (Å²) in [6, 6.07) is 33.0. The monoisotopic (exact) mass is 574 g/mol. The minimum atomic E-state index is -0.106. The Morgan fingerprint density at radius 1 is 0.586 bits per heavy atom. The van der Waals surface area contributed by atoms with Gasteiger partial charge in [0.25, 0.3) is 0 Å². The van der Waals surface area contributed by atoms with E-state index in [-0.39, 0.29) is 15.9 Å². The Hall–Kier alpha value is -1.07. The molecule has 2 aromatic heterocycles. The summed E-state index contributed by atoms with van der Waals surface area (Å²) in [6.45, 7) is 0. The molecule has 7 heteroatoms. The van der Waals surface area contributed by atoms with Crippen molar-refractivity contribution in [3.8, 4) is 0 Å². The van der Waals surface area contributed by atoms with E-state index in [0.717, 1.165) is 32.7 Å². The summed E-state index contributed by atoms with van der Waals surface area (Å²) in [5.41, 5.74) is 0. The number of nitrogens with zero attached hydrogens (tertiary/aromatic N) is 2. The van der Waals surface area contributed by atoms with E-state index in [1.54, 1.807) is 12.4 Å². The number of pyridine rings is 2. The predicted octanol–water partition coefficient (Wildman–Crippen LogP) is 4.20. The van der Waals surface area contributed by atoms with Crippen LogP contribution in [0, 0.1) is 0 Å². The van der Waals surface area contributed by atoms with Crippen molar-refractivity contribution in [3.05, 3.63) is 109 Å². The Kier molecular flexibility index (Phi) is 13.1. The van der Waals surface area contributed by atoms with E-state index in [9.17, 15) is 0 Å². The van der Waals surface area contributed by atoms with Gasteiger partial charge in [0, 0.05) is 0 Å². The Balaban J connectivity index is 0.000000183. The second-order valence-corrected chi connectivity index (χ2v) is 10.4. The van der Waals surface area contributed by atoms with Crippen LogP contribution in [0.25, 0.3) is 0 Å². The fraction of sp³-hybridized carbons (Fsp3) is 0. The molecule has 0 aliphatic heterocycles. The van der Waals surface area contributed by atoms with E-state index in [4.69, 9.17) is 19.1 Å². The van der Waals surface area contributed by atoms with Gasteiger partial charge in [0.1, 0.15) is 0 Å². The molecule has 0 N–H and O–H groups in total. The maximum Gasteiger partial charge on any atom is -0.0226 e. The topological polar surface area (TPSA) is 25.8 Å². The standard InChI is InChI=1S/C12H11P.2C5H4N.2ClH.Fe.Pd/c1-3-7-11(8-4-1)13-12-9-5-2-6-10-12;2*1-2-4-6-5-3-1;;;;/h1-10,13H;2*1-4H;2*1H;;/q;;;;;;+2/p-2. The van der Waals surface area contributed by atoms with Crippen LogP contribution in [0.15, 0.2) is 109 Å². The van der Waals surface area contributed by atoms with Crippen molar-refractivity contribution in [2.45, 2.75) is 0 Å². The summed E-state index contributed by atoms with van der Waals surface area (Å²) < 4.78 is 2.11. The predicted molar refractivity (Wildman–Crippen MR) is 120 cm³/mol. The number of benzene rings is 2. The van der Waals surface area contributed by atoms with Crippen LogP contribution in [0.3, 0.4) is 0 Å². The minimum absolute atomic E-state index is 0.106. The molecule has 0 saturated carbocycles. The quantitative estimate of drug-likeness (QED) is 0.270. The van der Waals surface area contributed by atoms with Gasteiger partial charge < -0.3 is 0 Å². The van der Waals surface area contributed by atoms with Gasteiger partial charge in [0.15, 0.2) is 0 Å². The maximum atomic E-state index is 4.81. The van der Waals surface area contributed by atoms with Crippen LogP contribution in [0.5, 0.6) is 0 Å². The average molecular weight is 576 g/mol. The van der Waals surface area contributed by atoms with Crippen LogP contribution >= 0.6 is 27.6 Å². The smallest absolute Gasteiger partial charge is 0.0226 e. The van der Waals surface area contributed by atoms with Gasteiger partial charge in [0.05, 0.1) is 0 Å². The second-order valence-electron chi connectivity index (χ2n) is 5.27. The summed E-state index contributed by atoms with van der Waals surface area (Å²) in [5, 5.41) is 2.79. The second kappa shape index (κ2) is 15.7. The van der Waals surface area contributed by atoms with Crippen molar-refractivity contribution in [1.29, 1.82) is 0 Å². The van der Waals surface area contributed by atoms with E-state index >= 15 is 0 Å². The number of halogens is 2. The van der Waals surface area contributed by atoms with Gasteiger partial charge >= 0.3 is 118 Å². The fourth-order valence-corrected chi connectivity index (χ4v) is 4.13. The Bertz CT molecular complexity index is 753. The zero-order valence-corrected chi connectivity index (χ0v) is 20.4. The van der Waals surface area contributed by atoms with Gasteiger partial charge in [0.2, 0.25) is 0 Å². The van der Waals surface area contributed by atoms with Crippen molar-refractivity contribution in [1.82, 2.24) is 9.97 Å². The zero-order chi connectivity index (χ0) is 20.6. The Labute approximate surface area is 196 Å². The number of hydrogen-bond donors (Lipinski definition) is 0. The molecular weight excluding hydrogens is 556 g/mol. The summed E-state index contributed by atoms with van der Waals surface area (Å²) >= 11 is 0.702. The Morgan fingerprint density at radius 2 is 0.966 bits per heavy atom. The SMILES string of the molecule is [Cl][Pd][Cl].c1cc[c]([Fe][c]2ccccn2)nc1.c1ccc(Pc2ccccc2)cc1. The van der Waals surface area contributed by atoms with E-state index in [1.807, 2.05) is 36.4 Å². The van der Waals surface area contributed by atoms with Crippen molar-refractivity contribution in [2.24, 2.45) is 0 Å². The molecule has 0 spiro atoms. The third kappa shape index (κ3) is 11.0. The largest absolute Gasteiger partial charge is 0.0622 e. The molecule has 29 heavy (non-hydrogen) atoms. The molecule has 0 bridgehead atoms. The van der Waals surface area contributed by atoms with Crippen molar-refractivity contribution < 1.29 is 30.9 Å². The third-order valence-corrected chi connectivity index (χ3v) is 5.72. The van der Waals surface area contributed by atoms with Crippen LogP contribution < -0.4 is 19.8 Å². The van der Waals surface area contributed by atoms with E-state index < -0.39 is 0 Å². The average Bonchev–Trinajstić information content (AvgIpc) is 2.78. The summed E-state index contributed by atoms with van der Waals surface area (Å²) in [6.07, 6.45) is 3.61. The van der Waals surface area contributed by atoms with Gasteiger partial charge in [-0.25, -0.2) is 0 Å². The van der Waals surface area contributed by atoms with Crippen LogP contribution in [-0.2, 0) is 30.9 Å². The van der Waals surface area contributed by atoms with Gasteiger partial charge in [-0.2, -0.15) is 0 Å². The summed E-state index contributed by atoms with van der Waals surface area (Å²) in [4.78, 5) is 8.47. The van der Waals surface area contributed by atoms with Crippen LogP contribution in [-0.4, -0.2) is 9.97 Å². The number of rotatable bonds is 4. The van der Waals surface area contributed by atoms with Crippen LogP contribution in [0.1, 0.15) is 0 Å². The van der Waals surface area contributed by atoms with E-state index in [0.29, 0.717) is 0 Å². The van der Waals surface area contributed by atoms with Crippen molar-refractivity contribution >= 4 is 47.4 Å². The molecule has 2 aromatic carbocycles. The first kappa shape index (κ1) is 24.2. The molecule has 0 unspecified atom stereocenters. The van der Waals surface area contributed by atoms with Crippen molar-refractivity contribution in [3.63, 3.8) is 0 Å². The maximum absolute atomic E-state index is 4.81. The molecular formula is C22H19Cl2FeN2PPd. The molecule has 0 radical (unpaired) electrons. The molecule has 0 fully saturated rings. The fourth-order valence-electron chi connectivity index (χ4n) is 2.08. The summed E-state index contributed by atoms with van der Waals surface area (Å²) in [5.74, 6) is 0. The van der Waals surface area contributed by atoms with Gasteiger partial charge in [-0.1, -0.05) is 69.2 Å². The molecule has 4 aromatic rings. The first-order chi connectivity index (χ1) is 14.3. The van der Waals surface area contributed by atoms with Gasteiger partial charge in [-0.15, -0.1) is 0 Å². The number of hydrogen-bond acceptors (Lipinski definition) is 2. The molecule has 4 rings (SSSR count). The minimum Gasteiger partial charge on any atom is -0.0622 e. The first-order valence-electron chi connectivity index (χ1n) is 8.45. The normalized spacial score (nSPS) is 9.72. The summed E-state index contributed by atoms with van der Waals surface area (Å²) in [7, 11) is 10.4. The first-order valence-corrected chi connectivity index (χ1v) is 14.6. The number of aromatic nitrogens is 2. The zero-order valence-electron chi connectivity index (χ0n) is 15.2.